The van der Waals surface area contributed by atoms with Crippen molar-refractivity contribution in [1.82, 2.24) is 9.88 Å². The first-order valence-corrected chi connectivity index (χ1v) is 8.11. The van der Waals surface area contributed by atoms with Crippen LogP contribution in [0.15, 0.2) is 48.7 Å². The molecule has 1 N–H and O–H groups in total. The molecule has 2 amide bonds. The number of carbonyl (C=O) groups excluding carboxylic acids is 1. The third-order valence-electron chi connectivity index (χ3n) is 4.60. The molecule has 1 unspecified atom stereocenters. The van der Waals surface area contributed by atoms with Crippen LogP contribution in [0, 0.1) is 0 Å². The Kier molecular flexibility index (Phi) is 4.26. The number of hydrogen-bond acceptors (Lipinski definition) is 2. The van der Waals surface area contributed by atoms with E-state index in [0.29, 0.717) is 16.8 Å². The largest absolute Gasteiger partial charge is 0.323 e. The Bertz CT molecular complexity index is 685. The molecular formula is C18H20ClN3O. The Balaban J connectivity index is 1.75. The number of nitrogens with one attached hydrogen (secondary N) is 1. The Morgan fingerprint density at radius 2 is 2.00 bits per heavy atom. The van der Waals surface area contributed by atoms with Gasteiger partial charge in [0.05, 0.1) is 5.02 Å². The van der Waals surface area contributed by atoms with Gasteiger partial charge < -0.3 is 4.90 Å². The zero-order chi connectivity index (χ0) is 16.4. The molecular weight excluding hydrogens is 310 g/mol. The van der Waals surface area contributed by atoms with Crippen molar-refractivity contribution in [3.8, 4) is 0 Å². The van der Waals surface area contributed by atoms with E-state index in [1.54, 1.807) is 12.1 Å². The molecule has 1 aromatic heterocycles. The van der Waals surface area contributed by atoms with Gasteiger partial charge in [0.25, 0.3) is 0 Å². The van der Waals surface area contributed by atoms with Crippen LogP contribution in [0.3, 0.4) is 0 Å². The van der Waals surface area contributed by atoms with Crippen LogP contribution in [0.1, 0.15) is 31.7 Å². The number of halogens is 1. The van der Waals surface area contributed by atoms with Gasteiger partial charge in [-0.25, -0.2) is 9.78 Å². The Morgan fingerprint density at radius 1 is 1.26 bits per heavy atom. The SMILES string of the molecule is CC1(C)C(c2ccccc2)CCN1C(=O)Nc1ccc(Cl)cn1. The molecule has 5 heteroatoms. The summed E-state index contributed by atoms with van der Waals surface area (Å²) in [6.45, 7) is 4.96. The maximum absolute atomic E-state index is 12.6. The Morgan fingerprint density at radius 3 is 2.65 bits per heavy atom. The fourth-order valence-corrected chi connectivity index (χ4v) is 3.45. The summed E-state index contributed by atoms with van der Waals surface area (Å²) >= 11 is 5.82. The van der Waals surface area contributed by atoms with Crippen LogP contribution in [0.25, 0.3) is 0 Å². The number of carbonyl (C=O) groups is 1. The summed E-state index contributed by atoms with van der Waals surface area (Å²) in [5.74, 6) is 0.839. The molecule has 23 heavy (non-hydrogen) atoms. The Hall–Kier alpha value is -2.07. The van der Waals surface area contributed by atoms with E-state index in [2.05, 4.69) is 36.3 Å². The second-order valence-corrected chi connectivity index (χ2v) is 6.79. The minimum atomic E-state index is -0.252. The maximum atomic E-state index is 12.6. The molecule has 1 saturated heterocycles. The molecule has 120 valence electrons. The first-order chi connectivity index (χ1) is 11.0. The number of aromatic nitrogens is 1. The highest BCUT2D eigenvalue weighted by molar-refractivity contribution is 6.30. The number of nitrogens with zero attached hydrogens (tertiary/aromatic N) is 2. The van der Waals surface area contributed by atoms with Crippen LogP contribution in [0.2, 0.25) is 5.02 Å². The summed E-state index contributed by atoms with van der Waals surface area (Å²) in [5.41, 5.74) is 1.02. The minimum absolute atomic E-state index is 0.122. The molecule has 0 bridgehead atoms. The number of urea groups is 1. The highest BCUT2D eigenvalue weighted by Crippen LogP contribution is 2.41. The van der Waals surface area contributed by atoms with Gasteiger partial charge in [-0.1, -0.05) is 41.9 Å². The number of anilines is 1. The lowest BCUT2D eigenvalue weighted by Crippen LogP contribution is -2.47. The van der Waals surface area contributed by atoms with E-state index in [-0.39, 0.29) is 11.6 Å². The zero-order valence-electron chi connectivity index (χ0n) is 13.3. The first kappa shape index (κ1) is 15.8. The van der Waals surface area contributed by atoms with E-state index in [4.69, 9.17) is 11.6 Å². The van der Waals surface area contributed by atoms with E-state index in [1.165, 1.54) is 11.8 Å². The number of likely N-dealkylation sites (tertiary alicyclic amines) is 1. The summed E-state index contributed by atoms with van der Waals surface area (Å²) in [6, 6.07) is 13.7. The predicted octanol–water partition coefficient (Wildman–Crippen LogP) is 4.54. The molecule has 0 spiro atoms. The van der Waals surface area contributed by atoms with Crippen molar-refractivity contribution in [1.29, 1.82) is 0 Å². The van der Waals surface area contributed by atoms with Crippen LogP contribution in [0.5, 0.6) is 0 Å². The Labute approximate surface area is 141 Å². The van der Waals surface area contributed by atoms with Gasteiger partial charge >= 0.3 is 6.03 Å². The molecule has 1 aliphatic heterocycles. The third kappa shape index (κ3) is 3.17. The number of pyridine rings is 1. The standard InChI is InChI=1S/C18H20ClN3O/c1-18(2)15(13-6-4-3-5-7-13)10-11-22(18)17(23)21-16-9-8-14(19)12-20-16/h3-9,12,15H,10-11H2,1-2H3,(H,20,21,23). The molecule has 1 aromatic carbocycles. The van der Waals surface area contributed by atoms with Crippen molar-refractivity contribution >= 4 is 23.4 Å². The molecule has 0 aliphatic carbocycles. The monoisotopic (exact) mass is 329 g/mol. The second kappa shape index (κ2) is 6.20. The van der Waals surface area contributed by atoms with Gasteiger partial charge in [-0.2, -0.15) is 0 Å². The van der Waals surface area contributed by atoms with Gasteiger partial charge in [0.2, 0.25) is 0 Å². The van der Waals surface area contributed by atoms with E-state index in [9.17, 15) is 4.79 Å². The van der Waals surface area contributed by atoms with E-state index in [0.717, 1.165) is 13.0 Å². The summed E-state index contributed by atoms with van der Waals surface area (Å²) in [4.78, 5) is 18.6. The highest BCUT2D eigenvalue weighted by Gasteiger charge is 2.44. The first-order valence-electron chi connectivity index (χ1n) is 7.73. The predicted molar refractivity (Wildman–Crippen MR) is 92.9 cm³/mol. The van der Waals surface area contributed by atoms with Gasteiger partial charge in [0.1, 0.15) is 5.82 Å². The minimum Gasteiger partial charge on any atom is -0.319 e. The third-order valence-corrected chi connectivity index (χ3v) is 4.82. The van der Waals surface area contributed by atoms with Crippen LogP contribution in [-0.4, -0.2) is 28.0 Å². The number of amides is 2. The number of benzene rings is 1. The summed E-state index contributed by atoms with van der Waals surface area (Å²) < 4.78 is 0. The molecule has 2 aromatic rings. The van der Waals surface area contributed by atoms with Crippen LogP contribution in [-0.2, 0) is 0 Å². The zero-order valence-corrected chi connectivity index (χ0v) is 14.0. The van der Waals surface area contributed by atoms with Gasteiger partial charge in [0, 0.05) is 24.2 Å². The van der Waals surface area contributed by atoms with Gasteiger partial charge in [-0.3, -0.25) is 5.32 Å². The lowest BCUT2D eigenvalue weighted by atomic mass is 9.83. The van der Waals surface area contributed by atoms with Crippen molar-refractivity contribution in [2.45, 2.75) is 31.7 Å². The molecule has 0 saturated carbocycles. The van der Waals surface area contributed by atoms with Gasteiger partial charge in [0.15, 0.2) is 0 Å². The molecule has 1 fully saturated rings. The molecule has 0 radical (unpaired) electrons. The summed E-state index contributed by atoms with van der Waals surface area (Å²) in [6.07, 6.45) is 2.48. The normalized spacial score (nSPS) is 19.6. The summed E-state index contributed by atoms with van der Waals surface area (Å²) in [5, 5.41) is 3.41. The van der Waals surface area contributed by atoms with E-state index in [1.807, 2.05) is 23.1 Å². The molecule has 3 rings (SSSR count). The molecule has 2 heterocycles. The average Bonchev–Trinajstić information content (AvgIpc) is 2.85. The smallest absolute Gasteiger partial charge is 0.319 e. The lowest BCUT2D eigenvalue weighted by Gasteiger charge is -2.36. The lowest BCUT2D eigenvalue weighted by molar-refractivity contribution is 0.171. The quantitative estimate of drug-likeness (QED) is 0.879. The fraction of sp³-hybridized carbons (Fsp3) is 0.333. The average molecular weight is 330 g/mol. The summed E-state index contributed by atoms with van der Waals surface area (Å²) in [7, 11) is 0. The topological polar surface area (TPSA) is 45.2 Å². The van der Waals surface area contributed by atoms with Gasteiger partial charge in [-0.15, -0.1) is 0 Å². The molecule has 1 aliphatic rings. The van der Waals surface area contributed by atoms with Crippen molar-refractivity contribution in [3.63, 3.8) is 0 Å². The second-order valence-electron chi connectivity index (χ2n) is 6.35. The van der Waals surface area contributed by atoms with Crippen molar-refractivity contribution in [3.05, 3.63) is 59.2 Å². The van der Waals surface area contributed by atoms with E-state index < -0.39 is 0 Å². The van der Waals surface area contributed by atoms with Crippen molar-refractivity contribution in [2.24, 2.45) is 0 Å². The van der Waals surface area contributed by atoms with E-state index >= 15 is 0 Å². The van der Waals surface area contributed by atoms with Gasteiger partial charge in [-0.05, 0) is 38.0 Å². The number of rotatable bonds is 2. The fourth-order valence-electron chi connectivity index (χ4n) is 3.34. The van der Waals surface area contributed by atoms with Crippen LogP contribution in [0.4, 0.5) is 10.6 Å². The highest BCUT2D eigenvalue weighted by atomic mass is 35.5. The van der Waals surface area contributed by atoms with Crippen molar-refractivity contribution < 1.29 is 4.79 Å². The molecule has 1 atom stereocenters. The number of hydrogen-bond donors (Lipinski definition) is 1. The maximum Gasteiger partial charge on any atom is 0.323 e. The van der Waals surface area contributed by atoms with Crippen LogP contribution < -0.4 is 5.32 Å². The molecule has 4 nitrogen and oxygen atoms in total. The van der Waals surface area contributed by atoms with Crippen LogP contribution >= 0.6 is 11.6 Å². The van der Waals surface area contributed by atoms with Crippen molar-refractivity contribution in [2.75, 3.05) is 11.9 Å².